The van der Waals surface area contributed by atoms with Gasteiger partial charge in [-0.2, -0.15) is 0 Å². The third-order valence-electron chi connectivity index (χ3n) is 5.74. The van der Waals surface area contributed by atoms with E-state index in [1.807, 2.05) is 0 Å². The van der Waals surface area contributed by atoms with Crippen LogP contribution >= 0.6 is 0 Å². The Hall–Kier alpha value is -0.0800. The highest BCUT2D eigenvalue weighted by Crippen LogP contribution is 2.37. The molecule has 1 saturated heterocycles. The van der Waals surface area contributed by atoms with E-state index < -0.39 is 0 Å². The average molecular weight is 266 g/mol. The second kappa shape index (κ2) is 7.08. The molecule has 1 aliphatic carbocycles. The largest absolute Gasteiger partial charge is 0.314 e. The summed E-state index contributed by atoms with van der Waals surface area (Å²) in [4.78, 5) is 2.84. The summed E-state index contributed by atoms with van der Waals surface area (Å²) in [5.41, 5.74) is 0. The topological polar surface area (TPSA) is 15.3 Å². The van der Waals surface area contributed by atoms with Crippen molar-refractivity contribution in [1.82, 2.24) is 10.2 Å². The Morgan fingerprint density at radius 2 is 1.84 bits per heavy atom. The van der Waals surface area contributed by atoms with Crippen molar-refractivity contribution in [2.24, 2.45) is 17.8 Å². The molecule has 1 heterocycles. The summed E-state index contributed by atoms with van der Waals surface area (Å²) in [6, 6.07) is 1.60. The lowest BCUT2D eigenvalue weighted by Crippen LogP contribution is -2.48. The van der Waals surface area contributed by atoms with Crippen LogP contribution in [0.3, 0.4) is 0 Å². The smallest absolute Gasteiger partial charge is 0.0124 e. The van der Waals surface area contributed by atoms with Crippen molar-refractivity contribution in [1.29, 1.82) is 0 Å². The number of hydrogen-bond acceptors (Lipinski definition) is 2. The van der Waals surface area contributed by atoms with Crippen LogP contribution in [0.5, 0.6) is 0 Å². The van der Waals surface area contributed by atoms with Crippen LogP contribution in [-0.4, -0.2) is 36.6 Å². The lowest BCUT2D eigenvalue weighted by molar-refractivity contribution is 0.115. The van der Waals surface area contributed by atoms with Gasteiger partial charge in [-0.05, 0) is 56.5 Å². The first-order valence-electron chi connectivity index (χ1n) is 8.63. The molecule has 2 fully saturated rings. The highest BCUT2D eigenvalue weighted by Gasteiger charge is 2.36. The second-order valence-electron chi connectivity index (χ2n) is 7.07. The first-order chi connectivity index (χ1) is 9.15. The fourth-order valence-corrected chi connectivity index (χ4v) is 4.31. The van der Waals surface area contributed by atoms with Gasteiger partial charge >= 0.3 is 0 Å². The lowest BCUT2D eigenvalue weighted by atomic mass is 9.92. The van der Waals surface area contributed by atoms with E-state index >= 15 is 0 Å². The average Bonchev–Trinajstić information content (AvgIpc) is 2.75. The Balaban J connectivity index is 1.97. The molecule has 0 aromatic carbocycles. The minimum atomic E-state index is 0.740. The molecule has 1 aliphatic heterocycles. The Labute approximate surface area is 120 Å². The molecular formula is C17H34N2. The predicted octanol–water partition coefficient (Wildman–Crippen LogP) is 3.52. The summed E-state index contributed by atoms with van der Waals surface area (Å²) < 4.78 is 0. The molecule has 0 spiro atoms. The number of hydrogen-bond donors (Lipinski definition) is 1. The standard InChI is InChI=1S/C17H34N2/c1-5-15-7-8-17(14(15)4)19-10-9-16(6-2)18-11-13(3)12-19/h13-18H,5-12H2,1-4H3. The fraction of sp³-hybridized carbons (Fsp3) is 1.00. The quantitative estimate of drug-likeness (QED) is 0.841. The molecule has 19 heavy (non-hydrogen) atoms. The van der Waals surface area contributed by atoms with Crippen molar-refractivity contribution in [2.75, 3.05) is 19.6 Å². The van der Waals surface area contributed by atoms with Crippen LogP contribution in [0.25, 0.3) is 0 Å². The van der Waals surface area contributed by atoms with Crippen LogP contribution in [-0.2, 0) is 0 Å². The van der Waals surface area contributed by atoms with Crippen LogP contribution in [0.15, 0.2) is 0 Å². The van der Waals surface area contributed by atoms with E-state index in [1.165, 1.54) is 51.7 Å². The molecule has 0 aromatic heterocycles. The van der Waals surface area contributed by atoms with Crippen LogP contribution in [0.4, 0.5) is 0 Å². The number of nitrogens with one attached hydrogen (secondary N) is 1. The monoisotopic (exact) mass is 266 g/mol. The van der Waals surface area contributed by atoms with Crippen molar-refractivity contribution in [3.8, 4) is 0 Å². The summed E-state index contributed by atoms with van der Waals surface area (Å²) in [5.74, 6) is 2.68. The Kier molecular flexibility index (Phi) is 5.70. The van der Waals surface area contributed by atoms with Gasteiger partial charge in [0.2, 0.25) is 0 Å². The molecule has 0 amide bonds. The number of rotatable bonds is 3. The van der Waals surface area contributed by atoms with Crippen molar-refractivity contribution in [3.05, 3.63) is 0 Å². The van der Waals surface area contributed by atoms with Gasteiger partial charge < -0.3 is 5.32 Å². The van der Waals surface area contributed by atoms with E-state index in [0.717, 1.165) is 29.8 Å². The minimum Gasteiger partial charge on any atom is -0.314 e. The summed E-state index contributed by atoms with van der Waals surface area (Å²) in [6.45, 7) is 13.4. The molecule has 112 valence electrons. The van der Waals surface area contributed by atoms with Gasteiger partial charge in [-0.25, -0.2) is 0 Å². The summed E-state index contributed by atoms with van der Waals surface area (Å²) >= 11 is 0. The lowest BCUT2D eigenvalue weighted by Gasteiger charge is -2.38. The molecule has 0 aromatic rings. The van der Waals surface area contributed by atoms with Crippen molar-refractivity contribution in [3.63, 3.8) is 0 Å². The molecule has 1 saturated carbocycles. The van der Waals surface area contributed by atoms with Crippen molar-refractivity contribution >= 4 is 0 Å². The molecule has 0 radical (unpaired) electrons. The number of nitrogens with zero attached hydrogens (tertiary/aromatic N) is 1. The molecule has 1 N–H and O–H groups in total. The molecular weight excluding hydrogens is 232 g/mol. The third kappa shape index (κ3) is 3.72. The molecule has 0 bridgehead atoms. The molecule has 5 atom stereocenters. The molecule has 2 nitrogen and oxygen atoms in total. The van der Waals surface area contributed by atoms with Crippen LogP contribution in [0, 0.1) is 17.8 Å². The first-order valence-corrected chi connectivity index (χ1v) is 8.63. The molecule has 5 unspecified atom stereocenters. The highest BCUT2D eigenvalue weighted by molar-refractivity contribution is 4.90. The highest BCUT2D eigenvalue weighted by atomic mass is 15.2. The van der Waals surface area contributed by atoms with Crippen LogP contribution in [0.2, 0.25) is 0 Å². The summed E-state index contributed by atoms with van der Waals surface area (Å²) in [5, 5.41) is 3.74. The van der Waals surface area contributed by atoms with Crippen molar-refractivity contribution < 1.29 is 0 Å². The van der Waals surface area contributed by atoms with E-state index in [-0.39, 0.29) is 0 Å². The zero-order valence-electron chi connectivity index (χ0n) is 13.5. The van der Waals surface area contributed by atoms with Gasteiger partial charge in [0.15, 0.2) is 0 Å². The van der Waals surface area contributed by atoms with Crippen molar-refractivity contribution in [2.45, 2.75) is 71.9 Å². The maximum atomic E-state index is 3.74. The normalized spacial score (nSPS) is 42.0. The van der Waals surface area contributed by atoms with E-state index in [0.29, 0.717) is 0 Å². The second-order valence-corrected chi connectivity index (χ2v) is 7.07. The molecule has 2 aliphatic rings. The van der Waals surface area contributed by atoms with E-state index in [2.05, 4.69) is 37.9 Å². The SMILES string of the molecule is CCC1CCN(C2CCC(CC)C2C)CC(C)CN1. The first kappa shape index (κ1) is 15.3. The Bertz CT molecular complexity index is 266. The van der Waals surface area contributed by atoms with Gasteiger partial charge in [0, 0.05) is 18.6 Å². The minimum absolute atomic E-state index is 0.740. The Morgan fingerprint density at radius 3 is 2.47 bits per heavy atom. The predicted molar refractivity (Wildman–Crippen MR) is 83.4 cm³/mol. The summed E-state index contributed by atoms with van der Waals surface area (Å²) in [7, 11) is 0. The zero-order valence-corrected chi connectivity index (χ0v) is 13.5. The van der Waals surface area contributed by atoms with Gasteiger partial charge in [-0.1, -0.05) is 34.1 Å². The van der Waals surface area contributed by atoms with Crippen LogP contribution < -0.4 is 5.32 Å². The fourth-order valence-electron chi connectivity index (χ4n) is 4.31. The maximum Gasteiger partial charge on any atom is 0.0124 e. The zero-order chi connectivity index (χ0) is 13.8. The van der Waals surface area contributed by atoms with E-state index in [9.17, 15) is 0 Å². The van der Waals surface area contributed by atoms with Gasteiger partial charge in [0.05, 0.1) is 0 Å². The Morgan fingerprint density at radius 1 is 1.05 bits per heavy atom. The molecule has 2 rings (SSSR count). The molecule has 2 heteroatoms. The third-order valence-corrected chi connectivity index (χ3v) is 5.74. The van der Waals surface area contributed by atoms with Gasteiger partial charge in [0.1, 0.15) is 0 Å². The van der Waals surface area contributed by atoms with E-state index in [4.69, 9.17) is 0 Å². The van der Waals surface area contributed by atoms with Gasteiger partial charge in [0.25, 0.3) is 0 Å². The van der Waals surface area contributed by atoms with E-state index in [1.54, 1.807) is 0 Å². The summed E-state index contributed by atoms with van der Waals surface area (Å²) in [6.07, 6.45) is 6.89. The van der Waals surface area contributed by atoms with Gasteiger partial charge in [-0.15, -0.1) is 0 Å². The van der Waals surface area contributed by atoms with Gasteiger partial charge in [-0.3, -0.25) is 4.90 Å². The van der Waals surface area contributed by atoms with Crippen LogP contribution in [0.1, 0.15) is 59.8 Å². The maximum absolute atomic E-state index is 3.74.